The molecule has 0 heterocycles. The Hall–Kier alpha value is 0.180. The maximum Gasteiger partial charge on any atom is 0.279 e. The van der Waals surface area contributed by atoms with Gasteiger partial charge in [0.1, 0.15) is 0 Å². The Balaban J connectivity index is 3.84. The average molecular weight is 312 g/mol. The van der Waals surface area contributed by atoms with Crippen molar-refractivity contribution in [2.24, 2.45) is 0 Å². The van der Waals surface area contributed by atoms with Gasteiger partial charge in [0.05, 0.1) is 0 Å². The van der Waals surface area contributed by atoms with Crippen molar-refractivity contribution in [2.75, 3.05) is 39.5 Å². The van der Waals surface area contributed by atoms with E-state index >= 15 is 0 Å². The zero-order valence-electron chi connectivity index (χ0n) is 12.6. The Morgan fingerprint density at radius 1 is 1.26 bits per heavy atom. The van der Waals surface area contributed by atoms with Crippen molar-refractivity contribution in [1.29, 1.82) is 0 Å². The van der Waals surface area contributed by atoms with Crippen molar-refractivity contribution < 1.29 is 8.42 Å². The van der Waals surface area contributed by atoms with E-state index in [1.54, 1.807) is 18.8 Å². The largest absolute Gasteiger partial charge is 0.317 e. The summed E-state index contributed by atoms with van der Waals surface area (Å²) in [5.41, 5.74) is 0. The SMILES string of the molecule is CCCNCCCN(C)S(=O)(=O)NCCC(C)SC. The molecule has 1 unspecified atom stereocenters. The first-order valence-electron chi connectivity index (χ1n) is 6.88. The normalized spacial score (nSPS) is 13.9. The lowest BCUT2D eigenvalue weighted by atomic mass is 10.3. The summed E-state index contributed by atoms with van der Waals surface area (Å²) in [6.07, 6.45) is 4.82. The molecule has 0 aliphatic rings. The first-order chi connectivity index (χ1) is 8.94. The van der Waals surface area contributed by atoms with Gasteiger partial charge >= 0.3 is 0 Å². The second-order valence-electron chi connectivity index (χ2n) is 4.66. The maximum atomic E-state index is 11.9. The number of hydrogen-bond acceptors (Lipinski definition) is 4. The van der Waals surface area contributed by atoms with Crippen LogP contribution in [-0.2, 0) is 10.2 Å². The van der Waals surface area contributed by atoms with Gasteiger partial charge in [-0.15, -0.1) is 0 Å². The lowest BCUT2D eigenvalue weighted by Gasteiger charge is -2.18. The number of rotatable bonds is 12. The lowest BCUT2D eigenvalue weighted by Crippen LogP contribution is -2.40. The maximum absolute atomic E-state index is 11.9. The molecule has 7 heteroatoms. The average Bonchev–Trinajstić information content (AvgIpc) is 2.37. The molecule has 0 saturated carbocycles. The molecule has 0 aromatic carbocycles. The van der Waals surface area contributed by atoms with Crippen LogP contribution in [0.4, 0.5) is 0 Å². The van der Waals surface area contributed by atoms with Gasteiger partial charge in [-0.1, -0.05) is 13.8 Å². The van der Waals surface area contributed by atoms with Gasteiger partial charge in [-0.05, 0) is 38.6 Å². The molecular weight excluding hydrogens is 282 g/mol. The molecule has 0 saturated heterocycles. The summed E-state index contributed by atoms with van der Waals surface area (Å²) in [7, 11) is -1.69. The van der Waals surface area contributed by atoms with E-state index in [1.807, 2.05) is 6.26 Å². The zero-order valence-corrected chi connectivity index (χ0v) is 14.2. The van der Waals surface area contributed by atoms with Crippen molar-refractivity contribution in [3.05, 3.63) is 0 Å². The Bertz CT molecular complexity index is 310. The van der Waals surface area contributed by atoms with Gasteiger partial charge in [0.25, 0.3) is 10.2 Å². The van der Waals surface area contributed by atoms with Crippen molar-refractivity contribution in [3.8, 4) is 0 Å². The van der Waals surface area contributed by atoms with Gasteiger partial charge in [-0.25, -0.2) is 4.72 Å². The third-order valence-electron chi connectivity index (χ3n) is 2.90. The van der Waals surface area contributed by atoms with E-state index in [1.165, 1.54) is 4.31 Å². The Labute approximate surface area is 123 Å². The monoisotopic (exact) mass is 311 g/mol. The van der Waals surface area contributed by atoms with Crippen molar-refractivity contribution >= 4 is 22.0 Å². The van der Waals surface area contributed by atoms with Crippen molar-refractivity contribution in [2.45, 2.75) is 38.4 Å². The summed E-state index contributed by atoms with van der Waals surface area (Å²) in [6, 6.07) is 0. The van der Waals surface area contributed by atoms with E-state index in [-0.39, 0.29) is 0 Å². The number of nitrogens with one attached hydrogen (secondary N) is 2. The Kier molecular flexibility index (Phi) is 11.0. The van der Waals surface area contributed by atoms with Gasteiger partial charge in [0.2, 0.25) is 0 Å². The summed E-state index contributed by atoms with van der Waals surface area (Å²) >= 11 is 1.75. The van der Waals surface area contributed by atoms with Gasteiger partial charge in [-0.3, -0.25) is 0 Å². The van der Waals surface area contributed by atoms with E-state index in [2.05, 4.69) is 23.9 Å². The molecule has 0 rings (SSSR count). The predicted octanol–water partition coefficient (Wildman–Crippen LogP) is 1.28. The minimum Gasteiger partial charge on any atom is -0.317 e. The summed E-state index contributed by atoms with van der Waals surface area (Å²) in [6.45, 7) is 7.11. The zero-order chi connectivity index (χ0) is 14.7. The minimum absolute atomic E-state index is 0.478. The van der Waals surface area contributed by atoms with Crippen LogP contribution in [0.5, 0.6) is 0 Å². The van der Waals surface area contributed by atoms with Crippen LogP contribution in [0.25, 0.3) is 0 Å². The van der Waals surface area contributed by atoms with Gasteiger partial charge in [-0.2, -0.15) is 24.5 Å². The Morgan fingerprint density at radius 3 is 2.53 bits per heavy atom. The first kappa shape index (κ1) is 19.2. The van der Waals surface area contributed by atoms with E-state index < -0.39 is 10.2 Å². The molecule has 0 aliphatic heterocycles. The molecule has 0 radical (unpaired) electrons. The fourth-order valence-corrected chi connectivity index (χ4v) is 2.79. The number of nitrogens with zero attached hydrogens (tertiary/aromatic N) is 1. The van der Waals surface area contributed by atoms with Crippen molar-refractivity contribution in [1.82, 2.24) is 14.3 Å². The van der Waals surface area contributed by atoms with Crippen LogP contribution >= 0.6 is 11.8 Å². The van der Waals surface area contributed by atoms with Crippen LogP contribution < -0.4 is 10.0 Å². The quantitative estimate of drug-likeness (QED) is 0.533. The van der Waals surface area contributed by atoms with Crippen molar-refractivity contribution in [3.63, 3.8) is 0 Å². The van der Waals surface area contributed by atoms with Gasteiger partial charge in [0, 0.05) is 25.4 Å². The highest BCUT2D eigenvalue weighted by Gasteiger charge is 2.16. The van der Waals surface area contributed by atoms with Crippen LogP contribution in [0.2, 0.25) is 0 Å². The van der Waals surface area contributed by atoms with E-state index in [0.717, 1.165) is 32.4 Å². The smallest absolute Gasteiger partial charge is 0.279 e. The second-order valence-corrected chi connectivity index (χ2v) is 7.80. The fourth-order valence-electron chi connectivity index (χ4n) is 1.47. The topological polar surface area (TPSA) is 61.4 Å². The molecule has 1 atom stereocenters. The highest BCUT2D eigenvalue weighted by molar-refractivity contribution is 7.99. The molecule has 0 fully saturated rings. The molecule has 5 nitrogen and oxygen atoms in total. The standard InChI is InChI=1S/C12H29N3O2S2/c1-5-8-13-9-6-11-15(3)19(16,17)14-10-7-12(2)18-4/h12-14H,5-11H2,1-4H3. The predicted molar refractivity (Wildman–Crippen MR) is 84.9 cm³/mol. The van der Waals surface area contributed by atoms with Crippen LogP contribution in [0.1, 0.15) is 33.1 Å². The second kappa shape index (κ2) is 10.9. The molecule has 19 heavy (non-hydrogen) atoms. The molecule has 2 N–H and O–H groups in total. The van der Waals surface area contributed by atoms with E-state index in [0.29, 0.717) is 18.3 Å². The van der Waals surface area contributed by atoms with Crippen LogP contribution in [0, 0.1) is 0 Å². The molecule has 0 bridgehead atoms. The fraction of sp³-hybridized carbons (Fsp3) is 1.00. The molecular formula is C12H29N3O2S2. The minimum atomic E-state index is -3.31. The summed E-state index contributed by atoms with van der Waals surface area (Å²) < 4.78 is 27.8. The first-order valence-corrected chi connectivity index (χ1v) is 9.61. The number of hydrogen-bond donors (Lipinski definition) is 2. The summed E-state index contributed by atoms with van der Waals surface area (Å²) in [5.74, 6) is 0. The molecule has 0 aromatic rings. The lowest BCUT2D eigenvalue weighted by molar-refractivity contribution is 0.444. The third-order valence-corrected chi connectivity index (χ3v) is 5.51. The highest BCUT2D eigenvalue weighted by atomic mass is 32.2. The van der Waals surface area contributed by atoms with Gasteiger partial charge in [0.15, 0.2) is 0 Å². The highest BCUT2D eigenvalue weighted by Crippen LogP contribution is 2.08. The number of thioether (sulfide) groups is 1. The van der Waals surface area contributed by atoms with Crippen LogP contribution in [-0.4, -0.2) is 57.5 Å². The summed E-state index contributed by atoms with van der Waals surface area (Å²) in [4.78, 5) is 0. The van der Waals surface area contributed by atoms with Crippen LogP contribution in [0.15, 0.2) is 0 Å². The molecule has 0 amide bonds. The van der Waals surface area contributed by atoms with E-state index in [4.69, 9.17) is 0 Å². The van der Waals surface area contributed by atoms with E-state index in [9.17, 15) is 8.42 Å². The van der Waals surface area contributed by atoms with Crippen LogP contribution in [0.3, 0.4) is 0 Å². The summed E-state index contributed by atoms with van der Waals surface area (Å²) in [5, 5.41) is 3.74. The molecule has 116 valence electrons. The molecule has 0 spiro atoms. The molecule has 0 aliphatic carbocycles. The van der Waals surface area contributed by atoms with Gasteiger partial charge < -0.3 is 5.32 Å². The molecule has 0 aromatic heterocycles. The third kappa shape index (κ3) is 9.67. The Morgan fingerprint density at radius 2 is 1.95 bits per heavy atom.